The molecule has 1 aromatic heterocycles. The first-order valence-electron chi connectivity index (χ1n) is 6.15. The lowest BCUT2D eigenvalue weighted by atomic mass is 9.93. The van der Waals surface area contributed by atoms with Crippen molar-refractivity contribution in [3.8, 4) is 0 Å². The Morgan fingerprint density at radius 1 is 1.53 bits per heavy atom. The van der Waals surface area contributed by atoms with Crippen molar-refractivity contribution in [1.82, 2.24) is 4.98 Å². The van der Waals surface area contributed by atoms with Gasteiger partial charge >= 0.3 is 0 Å². The third-order valence-electron chi connectivity index (χ3n) is 3.52. The molecule has 0 saturated carbocycles. The SMILES string of the molecule is C[C@H]1CC[C@H](C(N)=O)CN1c1ccc([N+](=O)[O-])cn1. The normalized spacial score (nSPS) is 23.1. The molecule has 1 fully saturated rings. The number of primary amides is 1. The quantitative estimate of drug-likeness (QED) is 0.650. The number of piperidine rings is 1. The van der Waals surface area contributed by atoms with E-state index in [1.165, 1.54) is 12.3 Å². The molecule has 0 aliphatic carbocycles. The number of nitro groups is 1. The molecule has 7 heteroatoms. The minimum absolute atomic E-state index is 0.0418. The van der Waals surface area contributed by atoms with Gasteiger partial charge in [0.1, 0.15) is 12.0 Å². The molecule has 2 N–H and O–H groups in total. The summed E-state index contributed by atoms with van der Waals surface area (Å²) in [5, 5.41) is 10.6. The maximum atomic E-state index is 11.3. The van der Waals surface area contributed by atoms with E-state index in [0.29, 0.717) is 12.4 Å². The second kappa shape index (κ2) is 5.21. The van der Waals surface area contributed by atoms with Gasteiger partial charge in [-0.1, -0.05) is 0 Å². The molecule has 0 spiro atoms. The van der Waals surface area contributed by atoms with Crippen LogP contribution in [0.15, 0.2) is 18.3 Å². The van der Waals surface area contributed by atoms with Gasteiger partial charge < -0.3 is 10.6 Å². The molecule has 0 bridgehead atoms. The van der Waals surface area contributed by atoms with Crippen LogP contribution in [0.5, 0.6) is 0 Å². The van der Waals surface area contributed by atoms with Crippen molar-refractivity contribution in [2.45, 2.75) is 25.8 Å². The van der Waals surface area contributed by atoms with Gasteiger partial charge in [0.25, 0.3) is 5.69 Å². The third kappa shape index (κ3) is 2.81. The van der Waals surface area contributed by atoms with Gasteiger partial charge in [0.2, 0.25) is 5.91 Å². The second-order valence-electron chi connectivity index (χ2n) is 4.81. The van der Waals surface area contributed by atoms with Crippen LogP contribution in [0.3, 0.4) is 0 Å². The lowest BCUT2D eigenvalue weighted by molar-refractivity contribution is -0.385. The van der Waals surface area contributed by atoms with Gasteiger partial charge in [-0.25, -0.2) is 4.98 Å². The Bertz CT molecular complexity index is 488. The predicted octanol–water partition coefficient (Wildman–Crippen LogP) is 1.08. The van der Waals surface area contributed by atoms with E-state index in [1.54, 1.807) is 6.07 Å². The number of hydrogen-bond donors (Lipinski definition) is 1. The lowest BCUT2D eigenvalue weighted by Gasteiger charge is -2.37. The summed E-state index contributed by atoms with van der Waals surface area (Å²) in [4.78, 5) is 27.4. The first-order valence-corrected chi connectivity index (χ1v) is 6.15. The lowest BCUT2D eigenvalue weighted by Crippen LogP contribution is -2.46. The molecule has 102 valence electrons. The number of nitrogens with two attached hydrogens (primary N) is 1. The summed E-state index contributed by atoms with van der Waals surface area (Å²) in [5.41, 5.74) is 5.30. The van der Waals surface area contributed by atoms with Crippen molar-refractivity contribution in [3.05, 3.63) is 28.4 Å². The highest BCUT2D eigenvalue weighted by Crippen LogP contribution is 2.27. The molecule has 0 radical (unpaired) electrons. The van der Waals surface area contributed by atoms with Gasteiger partial charge in [0.05, 0.1) is 10.8 Å². The van der Waals surface area contributed by atoms with Crippen molar-refractivity contribution in [3.63, 3.8) is 0 Å². The number of amides is 1. The van der Waals surface area contributed by atoms with Crippen LogP contribution in [0, 0.1) is 16.0 Å². The number of aromatic nitrogens is 1. The zero-order valence-electron chi connectivity index (χ0n) is 10.7. The van der Waals surface area contributed by atoms with Crippen LogP contribution in [-0.4, -0.2) is 28.4 Å². The van der Waals surface area contributed by atoms with Crippen molar-refractivity contribution in [2.24, 2.45) is 11.7 Å². The van der Waals surface area contributed by atoms with Crippen LogP contribution >= 0.6 is 0 Å². The minimum Gasteiger partial charge on any atom is -0.369 e. The first kappa shape index (κ1) is 13.3. The molecule has 1 saturated heterocycles. The average molecular weight is 264 g/mol. The van der Waals surface area contributed by atoms with Crippen LogP contribution in [0.2, 0.25) is 0 Å². The Kier molecular flexibility index (Phi) is 3.64. The summed E-state index contributed by atoms with van der Waals surface area (Å²) in [6.07, 6.45) is 2.86. The van der Waals surface area contributed by atoms with Crippen LogP contribution in [0.1, 0.15) is 19.8 Å². The van der Waals surface area contributed by atoms with Gasteiger partial charge in [0.15, 0.2) is 0 Å². The van der Waals surface area contributed by atoms with Gasteiger partial charge in [-0.05, 0) is 25.8 Å². The number of rotatable bonds is 3. The van der Waals surface area contributed by atoms with Crippen LogP contribution < -0.4 is 10.6 Å². The number of hydrogen-bond acceptors (Lipinski definition) is 5. The molecule has 2 rings (SSSR count). The van der Waals surface area contributed by atoms with Crippen LogP contribution in [0.4, 0.5) is 11.5 Å². The molecular weight excluding hydrogens is 248 g/mol. The molecule has 0 aromatic carbocycles. The van der Waals surface area contributed by atoms with E-state index in [-0.39, 0.29) is 23.6 Å². The highest BCUT2D eigenvalue weighted by Gasteiger charge is 2.29. The molecule has 19 heavy (non-hydrogen) atoms. The molecule has 2 heterocycles. The third-order valence-corrected chi connectivity index (χ3v) is 3.52. The average Bonchev–Trinajstić information content (AvgIpc) is 2.39. The number of pyridine rings is 1. The highest BCUT2D eigenvalue weighted by molar-refractivity contribution is 5.77. The first-order chi connectivity index (χ1) is 8.99. The van der Waals surface area contributed by atoms with E-state index in [1.807, 2.05) is 11.8 Å². The van der Waals surface area contributed by atoms with E-state index >= 15 is 0 Å². The Labute approximate surface area is 110 Å². The maximum Gasteiger partial charge on any atom is 0.287 e. The van der Waals surface area contributed by atoms with Crippen LogP contribution in [-0.2, 0) is 4.79 Å². The fraction of sp³-hybridized carbons (Fsp3) is 0.500. The monoisotopic (exact) mass is 264 g/mol. The summed E-state index contributed by atoms with van der Waals surface area (Å²) in [5.74, 6) is 0.149. The van der Waals surface area contributed by atoms with E-state index in [9.17, 15) is 14.9 Å². The summed E-state index contributed by atoms with van der Waals surface area (Å²) in [7, 11) is 0. The molecule has 7 nitrogen and oxygen atoms in total. The molecule has 1 amide bonds. The van der Waals surface area contributed by atoms with Gasteiger partial charge in [-0.2, -0.15) is 0 Å². The van der Waals surface area contributed by atoms with E-state index in [4.69, 9.17) is 5.73 Å². The molecular formula is C12H16N4O3. The topological polar surface area (TPSA) is 102 Å². The fourth-order valence-electron chi connectivity index (χ4n) is 2.31. The molecule has 2 atom stereocenters. The minimum atomic E-state index is -0.484. The molecule has 1 aliphatic rings. The number of carbonyl (C=O) groups excluding carboxylic acids is 1. The summed E-state index contributed by atoms with van der Waals surface area (Å²) < 4.78 is 0. The van der Waals surface area contributed by atoms with Gasteiger partial charge in [-0.3, -0.25) is 14.9 Å². The largest absolute Gasteiger partial charge is 0.369 e. The van der Waals surface area contributed by atoms with Gasteiger partial charge in [0, 0.05) is 18.7 Å². The zero-order chi connectivity index (χ0) is 14.0. The maximum absolute atomic E-state index is 11.3. The van der Waals surface area contributed by atoms with Crippen molar-refractivity contribution >= 4 is 17.4 Å². The van der Waals surface area contributed by atoms with E-state index in [0.717, 1.165) is 12.8 Å². The molecule has 1 aromatic rings. The van der Waals surface area contributed by atoms with E-state index in [2.05, 4.69) is 4.98 Å². The number of carbonyl (C=O) groups is 1. The number of anilines is 1. The van der Waals surface area contributed by atoms with Crippen molar-refractivity contribution < 1.29 is 9.72 Å². The molecule has 1 aliphatic heterocycles. The van der Waals surface area contributed by atoms with E-state index < -0.39 is 4.92 Å². The Morgan fingerprint density at radius 2 is 2.26 bits per heavy atom. The van der Waals surface area contributed by atoms with Gasteiger partial charge in [-0.15, -0.1) is 0 Å². The fourth-order valence-corrected chi connectivity index (χ4v) is 2.31. The smallest absolute Gasteiger partial charge is 0.287 e. The number of nitrogens with zero attached hydrogens (tertiary/aromatic N) is 3. The summed E-state index contributed by atoms with van der Waals surface area (Å²) in [6, 6.07) is 3.27. The Morgan fingerprint density at radius 3 is 2.79 bits per heavy atom. The van der Waals surface area contributed by atoms with Crippen molar-refractivity contribution in [2.75, 3.05) is 11.4 Å². The standard InChI is InChI=1S/C12H16N4O3/c1-8-2-3-9(12(13)17)7-15(8)11-5-4-10(6-14-11)16(18)19/h4-6,8-9H,2-3,7H2,1H3,(H2,13,17)/t8-,9-/m0/s1. The highest BCUT2D eigenvalue weighted by atomic mass is 16.6. The van der Waals surface area contributed by atoms with Crippen molar-refractivity contribution in [1.29, 1.82) is 0 Å². The zero-order valence-corrected chi connectivity index (χ0v) is 10.7. The predicted molar refractivity (Wildman–Crippen MR) is 69.6 cm³/mol. The second-order valence-corrected chi connectivity index (χ2v) is 4.81. The Hall–Kier alpha value is -2.18. The van der Waals surface area contributed by atoms with Crippen LogP contribution in [0.25, 0.3) is 0 Å². The summed E-state index contributed by atoms with van der Waals surface area (Å²) in [6.45, 7) is 2.56. The summed E-state index contributed by atoms with van der Waals surface area (Å²) >= 11 is 0. The Balaban J connectivity index is 2.18. The molecule has 0 unspecified atom stereocenters.